The fourth-order valence-corrected chi connectivity index (χ4v) is 1.39. The molecule has 0 saturated carbocycles. The van der Waals surface area contributed by atoms with Crippen LogP contribution in [0.15, 0.2) is 22.7 Å². The van der Waals surface area contributed by atoms with E-state index in [4.69, 9.17) is 10.2 Å². The van der Waals surface area contributed by atoms with Crippen LogP contribution in [-0.4, -0.2) is 22.3 Å². The quantitative estimate of drug-likeness (QED) is 0.869. The van der Waals surface area contributed by atoms with E-state index < -0.39 is 12.1 Å². The first kappa shape index (κ1) is 11.2. The third-order valence-corrected chi connectivity index (χ3v) is 2.83. The Bertz CT molecular complexity index is 349. The minimum Gasteiger partial charge on any atom is -0.479 e. The van der Waals surface area contributed by atoms with E-state index in [2.05, 4.69) is 15.9 Å². The summed E-state index contributed by atoms with van der Waals surface area (Å²) < 4.78 is 0.978. The lowest BCUT2D eigenvalue weighted by atomic mass is 10.1. The van der Waals surface area contributed by atoms with Crippen LogP contribution < -0.4 is 0 Å². The van der Waals surface area contributed by atoms with E-state index in [0.717, 1.165) is 15.6 Å². The van der Waals surface area contributed by atoms with Gasteiger partial charge in [0.1, 0.15) is 0 Å². The first-order chi connectivity index (χ1) is 6.50. The van der Waals surface area contributed by atoms with E-state index >= 15 is 0 Å². The molecule has 3 nitrogen and oxygen atoms in total. The van der Waals surface area contributed by atoms with Crippen molar-refractivity contribution in [1.29, 1.82) is 0 Å². The SMILES string of the molecule is Cc1cc(CC(O)C(=O)O)ccc1Br. The zero-order valence-corrected chi connectivity index (χ0v) is 9.28. The maximum atomic E-state index is 10.4. The van der Waals surface area contributed by atoms with Gasteiger partial charge in [-0.05, 0) is 24.1 Å². The van der Waals surface area contributed by atoms with Gasteiger partial charge in [-0.3, -0.25) is 0 Å². The number of aliphatic carboxylic acids is 1. The fourth-order valence-electron chi connectivity index (χ4n) is 1.14. The molecule has 0 aromatic heterocycles. The molecule has 2 N–H and O–H groups in total. The Balaban J connectivity index is 2.78. The van der Waals surface area contributed by atoms with Crippen molar-refractivity contribution in [1.82, 2.24) is 0 Å². The van der Waals surface area contributed by atoms with Crippen molar-refractivity contribution < 1.29 is 15.0 Å². The van der Waals surface area contributed by atoms with Gasteiger partial charge in [0.15, 0.2) is 6.10 Å². The number of carbonyl (C=O) groups is 1. The average Bonchev–Trinajstić information content (AvgIpc) is 2.11. The van der Waals surface area contributed by atoms with Crippen LogP contribution in [0.25, 0.3) is 0 Å². The summed E-state index contributed by atoms with van der Waals surface area (Å²) in [4.78, 5) is 10.4. The van der Waals surface area contributed by atoms with Crippen LogP contribution in [0.2, 0.25) is 0 Å². The Morgan fingerprint density at radius 2 is 2.21 bits per heavy atom. The number of carboxylic acid groups (broad SMARTS) is 1. The van der Waals surface area contributed by atoms with Crippen molar-refractivity contribution in [3.63, 3.8) is 0 Å². The fraction of sp³-hybridized carbons (Fsp3) is 0.300. The second kappa shape index (κ2) is 4.57. The van der Waals surface area contributed by atoms with Gasteiger partial charge in [0.05, 0.1) is 0 Å². The van der Waals surface area contributed by atoms with Crippen LogP contribution >= 0.6 is 15.9 Å². The molecule has 1 aromatic rings. The number of aryl methyl sites for hydroxylation is 1. The minimum atomic E-state index is -1.32. The molecule has 0 fully saturated rings. The standard InChI is InChI=1S/C10H11BrO3/c1-6-4-7(2-3-8(6)11)5-9(12)10(13)14/h2-4,9,12H,5H2,1H3,(H,13,14). The highest BCUT2D eigenvalue weighted by Crippen LogP contribution is 2.17. The van der Waals surface area contributed by atoms with Gasteiger partial charge in [0.2, 0.25) is 0 Å². The molecule has 1 unspecified atom stereocenters. The van der Waals surface area contributed by atoms with E-state index in [0.29, 0.717) is 0 Å². The van der Waals surface area contributed by atoms with Gasteiger partial charge in [0, 0.05) is 10.9 Å². The number of aliphatic hydroxyl groups is 1. The minimum absolute atomic E-state index is 0.142. The van der Waals surface area contributed by atoms with Crippen LogP contribution in [-0.2, 0) is 11.2 Å². The third-order valence-electron chi connectivity index (χ3n) is 1.94. The van der Waals surface area contributed by atoms with Crippen molar-refractivity contribution in [2.24, 2.45) is 0 Å². The molecular formula is C10H11BrO3. The largest absolute Gasteiger partial charge is 0.479 e. The van der Waals surface area contributed by atoms with Gasteiger partial charge < -0.3 is 10.2 Å². The molecule has 0 aliphatic rings. The van der Waals surface area contributed by atoms with E-state index in [1.165, 1.54) is 0 Å². The van der Waals surface area contributed by atoms with Gasteiger partial charge in [0.25, 0.3) is 0 Å². The van der Waals surface area contributed by atoms with E-state index in [9.17, 15) is 4.79 Å². The van der Waals surface area contributed by atoms with E-state index in [1.807, 2.05) is 19.1 Å². The van der Waals surface area contributed by atoms with Crippen LogP contribution in [0.1, 0.15) is 11.1 Å². The van der Waals surface area contributed by atoms with Gasteiger partial charge in [-0.2, -0.15) is 0 Å². The number of carboxylic acids is 1. The van der Waals surface area contributed by atoms with Crippen LogP contribution in [0.3, 0.4) is 0 Å². The van der Waals surface area contributed by atoms with Crippen LogP contribution in [0, 0.1) is 6.92 Å². The van der Waals surface area contributed by atoms with E-state index in [1.54, 1.807) is 6.07 Å². The molecule has 0 spiro atoms. The van der Waals surface area contributed by atoms with Crippen LogP contribution in [0.4, 0.5) is 0 Å². The molecule has 0 radical (unpaired) electrons. The lowest BCUT2D eigenvalue weighted by Gasteiger charge is -2.06. The number of hydrogen-bond acceptors (Lipinski definition) is 2. The topological polar surface area (TPSA) is 57.5 Å². The van der Waals surface area contributed by atoms with Crippen molar-refractivity contribution in [3.05, 3.63) is 33.8 Å². The molecule has 1 atom stereocenters. The molecule has 0 heterocycles. The van der Waals surface area contributed by atoms with Gasteiger partial charge in [-0.15, -0.1) is 0 Å². The van der Waals surface area contributed by atoms with Crippen molar-refractivity contribution in [2.75, 3.05) is 0 Å². The average molecular weight is 259 g/mol. The highest BCUT2D eigenvalue weighted by molar-refractivity contribution is 9.10. The maximum Gasteiger partial charge on any atom is 0.332 e. The first-order valence-corrected chi connectivity index (χ1v) is 4.96. The molecule has 0 aliphatic carbocycles. The zero-order chi connectivity index (χ0) is 10.7. The number of rotatable bonds is 3. The maximum absolute atomic E-state index is 10.4. The molecule has 0 amide bonds. The summed E-state index contributed by atoms with van der Waals surface area (Å²) in [6, 6.07) is 5.50. The van der Waals surface area contributed by atoms with Crippen molar-refractivity contribution in [2.45, 2.75) is 19.4 Å². The Labute approximate surface area is 90.5 Å². The normalized spacial score (nSPS) is 12.5. The number of benzene rings is 1. The lowest BCUT2D eigenvalue weighted by Crippen LogP contribution is -2.21. The smallest absolute Gasteiger partial charge is 0.332 e. The first-order valence-electron chi connectivity index (χ1n) is 4.16. The second-order valence-corrected chi connectivity index (χ2v) is 4.00. The Morgan fingerprint density at radius 1 is 1.57 bits per heavy atom. The second-order valence-electron chi connectivity index (χ2n) is 3.14. The summed E-state index contributed by atoms with van der Waals surface area (Å²) in [5.41, 5.74) is 1.85. The summed E-state index contributed by atoms with van der Waals surface area (Å²) in [5, 5.41) is 17.6. The Hall–Kier alpha value is -0.870. The van der Waals surface area contributed by atoms with E-state index in [-0.39, 0.29) is 6.42 Å². The highest BCUT2D eigenvalue weighted by Gasteiger charge is 2.13. The van der Waals surface area contributed by atoms with Gasteiger partial charge in [-0.1, -0.05) is 28.1 Å². The third kappa shape index (κ3) is 2.82. The van der Waals surface area contributed by atoms with Crippen LogP contribution in [0.5, 0.6) is 0 Å². The molecule has 14 heavy (non-hydrogen) atoms. The summed E-state index contributed by atoms with van der Waals surface area (Å²) >= 11 is 3.35. The summed E-state index contributed by atoms with van der Waals surface area (Å²) in [7, 11) is 0. The number of halogens is 1. The molecule has 1 rings (SSSR count). The molecule has 0 bridgehead atoms. The van der Waals surface area contributed by atoms with Crippen molar-refractivity contribution in [3.8, 4) is 0 Å². The summed E-state index contributed by atoms with van der Waals surface area (Å²) in [6.07, 6.45) is -1.18. The molecule has 1 aromatic carbocycles. The Morgan fingerprint density at radius 3 is 2.71 bits per heavy atom. The Kier molecular flexibility index (Phi) is 3.66. The highest BCUT2D eigenvalue weighted by atomic mass is 79.9. The predicted octanol–water partition coefficient (Wildman–Crippen LogP) is 1.75. The van der Waals surface area contributed by atoms with Gasteiger partial charge >= 0.3 is 5.97 Å². The number of aliphatic hydroxyl groups excluding tert-OH is 1. The molecular weight excluding hydrogens is 248 g/mol. The van der Waals surface area contributed by atoms with Crippen molar-refractivity contribution >= 4 is 21.9 Å². The molecule has 4 heteroatoms. The zero-order valence-electron chi connectivity index (χ0n) is 7.70. The predicted molar refractivity (Wildman–Crippen MR) is 56.2 cm³/mol. The monoisotopic (exact) mass is 258 g/mol. The molecule has 0 saturated heterocycles. The van der Waals surface area contributed by atoms with Gasteiger partial charge in [-0.25, -0.2) is 4.79 Å². The molecule has 0 aliphatic heterocycles. The molecule has 76 valence electrons. The summed E-state index contributed by atoms with van der Waals surface area (Å²) in [6.45, 7) is 1.92. The number of hydrogen-bond donors (Lipinski definition) is 2. The lowest BCUT2D eigenvalue weighted by molar-refractivity contribution is -0.146. The summed E-state index contributed by atoms with van der Waals surface area (Å²) in [5.74, 6) is -1.19.